The lowest BCUT2D eigenvalue weighted by atomic mass is 10.1. The molecule has 3 heterocycles. The van der Waals surface area contributed by atoms with Crippen LogP contribution in [0.5, 0.6) is 0 Å². The zero-order valence-electron chi connectivity index (χ0n) is 17.5. The maximum absolute atomic E-state index is 14.9. The Balaban J connectivity index is 1.49. The molecule has 1 atom stereocenters. The van der Waals surface area contributed by atoms with Crippen molar-refractivity contribution in [1.29, 1.82) is 0 Å². The Morgan fingerprint density at radius 3 is 2.87 bits per heavy atom. The van der Waals surface area contributed by atoms with Gasteiger partial charge in [-0.3, -0.25) is 9.62 Å². The summed E-state index contributed by atoms with van der Waals surface area (Å²) < 4.78 is 47.8. The summed E-state index contributed by atoms with van der Waals surface area (Å²) in [5.41, 5.74) is 3.72. The minimum atomic E-state index is -4.06. The molecular weight excluding hydrogens is 441 g/mol. The molecule has 2 aromatic heterocycles. The van der Waals surface area contributed by atoms with E-state index in [2.05, 4.69) is 19.6 Å². The van der Waals surface area contributed by atoms with Gasteiger partial charge in [-0.05, 0) is 38.0 Å². The van der Waals surface area contributed by atoms with Crippen molar-refractivity contribution in [3.8, 4) is 0 Å². The summed E-state index contributed by atoms with van der Waals surface area (Å²) in [4.78, 5) is 12.1. The van der Waals surface area contributed by atoms with Gasteiger partial charge in [0.1, 0.15) is 17.0 Å². The first kappa shape index (κ1) is 21.7. The fraction of sp³-hybridized carbons (Fsp3) is 0.400. The molecule has 0 unspecified atom stereocenters. The minimum Gasteiger partial charge on any atom is -0.447 e. The van der Waals surface area contributed by atoms with Crippen molar-refractivity contribution in [2.75, 3.05) is 29.8 Å². The highest BCUT2D eigenvalue weighted by Gasteiger charge is 2.29. The molecule has 8 nitrogen and oxygen atoms in total. The number of nitrogens with zero attached hydrogens (tertiary/aromatic N) is 4. The van der Waals surface area contributed by atoms with Crippen LogP contribution in [0.4, 0.5) is 15.9 Å². The third kappa shape index (κ3) is 4.73. The van der Waals surface area contributed by atoms with Gasteiger partial charge in [0.15, 0.2) is 5.82 Å². The molecule has 1 aliphatic heterocycles. The number of aryl methyl sites for hydroxylation is 2. The van der Waals surface area contributed by atoms with Gasteiger partial charge in [-0.25, -0.2) is 22.8 Å². The number of sulfonamides is 1. The number of benzene rings is 1. The number of halogens is 1. The molecule has 1 aliphatic rings. The van der Waals surface area contributed by atoms with Crippen molar-refractivity contribution < 1.29 is 17.2 Å². The van der Waals surface area contributed by atoms with E-state index >= 15 is 0 Å². The van der Waals surface area contributed by atoms with E-state index in [1.54, 1.807) is 18.6 Å². The van der Waals surface area contributed by atoms with Crippen molar-refractivity contribution in [2.24, 2.45) is 0 Å². The van der Waals surface area contributed by atoms with Crippen molar-refractivity contribution in [3.63, 3.8) is 0 Å². The van der Waals surface area contributed by atoms with Crippen LogP contribution in [0.2, 0.25) is 0 Å². The summed E-state index contributed by atoms with van der Waals surface area (Å²) in [6.45, 7) is 5.97. The van der Waals surface area contributed by atoms with E-state index in [9.17, 15) is 12.8 Å². The van der Waals surface area contributed by atoms with Gasteiger partial charge in [0.25, 0.3) is 10.0 Å². The SMILES string of the molecule is Cc1coc(CN2CC[C@H](N(C)c3cc(F)c(S(=O)(=O)Nc4cscn4)cc3C)C2)n1. The molecule has 1 N–H and O–H groups in total. The molecule has 1 saturated heterocycles. The fourth-order valence-corrected chi connectivity index (χ4v) is 5.52. The van der Waals surface area contributed by atoms with Gasteiger partial charge in [0, 0.05) is 37.2 Å². The van der Waals surface area contributed by atoms with Crippen LogP contribution in [0.1, 0.15) is 23.6 Å². The van der Waals surface area contributed by atoms with Gasteiger partial charge in [-0.1, -0.05) is 0 Å². The van der Waals surface area contributed by atoms with E-state index in [0.29, 0.717) is 23.7 Å². The quantitative estimate of drug-likeness (QED) is 0.572. The van der Waals surface area contributed by atoms with Gasteiger partial charge >= 0.3 is 0 Å². The molecule has 0 amide bonds. The van der Waals surface area contributed by atoms with Crippen molar-refractivity contribution in [3.05, 3.63) is 52.3 Å². The van der Waals surface area contributed by atoms with Crippen LogP contribution in [-0.2, 0) is 16.6 Å². The van der Waals surface area contributed by atoms with Crippen LogP contribution in [0.3, 0.4) is 0 Å². The number of aromatic nitrogens is 2. The number of thiazole rings is 1. The second-order valence-corrected chi connectivity index (χ2v) is 10.1. The maximum Gasteiger partial charge on any atom is 0.266 e. The molecule has 0 saturated carbocycles. The Hall–Kier alpha value is -2.50. The Morgan fingerprint density at radius 1 is 1.39 bits per heavy atom. The van der Waals surface area contributed by atoms with Gasteiger partial charge in [-0.2, -0.15) is 0 Å². The van der Waals surface area contributed by atoms with E-state index in [-0.39, 0.29) is 16.8 Å². The lowest BCUT2D eigenvalue weighted by molar-refractivity contribution is 0.287. The van der Waals surface area contributed by atoms with Crippen LogP contribution in [0, 0.1) is 19.7 Å². The number of likely N-dealkylation sites (tertiary alicyclic amines) is 1. The van der Waals surface area contributed by atoms with E-state index in [1.165, 1.54) is 29.0 Å². The summed E-state index contributed by atoms with van der Waals surface area (Å²) in [6.07, 6.45) is 2.54. The molecule has 166 valence electrons. The second-order valence-electron chi connectivity index (χ2n) is 7.72. The summed E-state index contributed by atoms with van der Waals surface area (Å²) >= 11 is 1.25. The number of hydrogen-bond donors (Lipinski definition) is 1. The summed E-state index contributed by atoms with van der Waals surface area (Å²) in [5, 5.41) is 1.55. The monoisotopic (exact) mass is 465 g/mol. The highest BCUT2D eigenvalue weighted by Crippen LogP contribution is 2.30. The van der Waals surface area contributed by atoms with Crippen LogP contribution >= 0.6 is 11.3 Å². The second kappa shape index (κ2) is 8.56. The van der Waals surface area contributed by atoms with Crippen LogP contribution in [0.25, 0.3) is 0 Å². The molecule has 0 aliphatic carbocycles. The number of hydrogen-bond acceptors (Lipinski definition) is 8. The summed E-state index contributed by atoms with van der Waals surface area (Å²) in [6, 6.07) is 2.84. The summed E-state index contributed by atoms with van der Waals surface area (Å²) in [7, 11) is -2.15. The van der Waals surface area contributed by atoms with Gasteiger partial charge in [0.2, 0.25) is 5.89 Å². The average molecular weight is 466 g/mol. The lowest BCUT2D eigenvalue weighted by Crippen LogP contribution is -2.35. The van der Waals surface area contributed by atoms with Crippen LogP contribution in [-0.4, -0.2) is 49.5 Å². The van der Waals surface area contributed by atoms with E-state index in [1.807, 2.05) is 18.9 Å². The Morgan fingerprint density at radius 2 is 2.19 bits per heavy atom. The van der Waals surface area contributed by atoms with Crippen molar-refractivity contribution in [2.45, 2.75) is 37.8 Å². The Bertz CT molecular complexity index is 1160. The molecule has 1 aromatic carbocycles. The third-order valence-electron chi connectivity index (χ3n) is 5.41. The van der Waals surface area contributed by atoms with Crippen LogP contribution < -0.4 is 9.62 Å². The number of oxazole rings is 1. The molecule has 0 radical (unpaired) electrons. The zero-order chi connectivity index (χ0) is 22.2. The van der Waals surface area contributed by atoms with E-state index in [4.69, 9.17) is 4.42 Å². The molecule has 4 rings (SSSR count). The van der Waals surface area contributed by atoms with Gasteiger partial charge < -0.3 is 9.32 Å². The first-order valence-electron chi connectivity index (χ1n) is 9.80. The van der Waals surface area contributed by atoms with Crippen molar-refractivity contribution >= 4 is 32.9 Å². The number of likely N-dealkylation sites (N-methyl/N-ethyl adjacent to an activating group) is 1. The largest absolute Gasteiger partial charge is 0.447 e. The van der Waals surface area contributed by atoms with Crippen molar-refractivity contribution in [1.82, 2.24) is 14.9 Å². The lowest BCUT2D eigenvalue weighted by Gasteiger charge is -2.29. The molecule has 31 heavy (non-hydrogen) atoms. The normalized spacial score (nSPS) is 17.2. The number of rotatable bonds is 7. The molecule has 0 spiro atoms. The minimum absolute atomic E-state index is 0.171. The first-order valence-corrected chi connectivity index (χ1v) is 12.2. The molecule has 0 bridgehead atoms. The predicted octanol–water partition coefficient (Wildman–Crippen LogP) is 3.40. The average Bonchev–Trinajstić information content (AvgIpc) is 3.46. The Kier molecular flexibility index (Phi) is 6.00. The van der Waals surface area contributed by atoms with E-state index in [0.717, 1.165) is 25.2 Å². The van der Waals surface area contributed by atoms with Crippen LogP contribution in [0.15, 0.2) is 38.6 Å². The molecule has 11 heteroatoms. The predicted molar refractivity (Wildman–Crippen MR) is 117 cm³/mol. The topological polar surface area (TPSA) is 91.6 Å². The van der Waals surface area contributed by atoms with Gasteiger partial charge in [0.05, 0.1) is 17.7 Å². The Labute approximate surface area is 184 Å². The summed E-state index contributed by atoms with van der Waals surface area (Å²) in [5.74, 6) is 0.0704. The van der Waals surface area contributed by atoms with E-state index < -0.39 is 15.8 Å². The first-order chi connectivity index (χ1) is 14.7. The standard InChI is InChI=1S/C20H24FN5O3S2/c1-13-6-18(31(27,28)24-19-11-30-12-22-19)16(21)7-17(13)25(3)15-4-5-26(8-15)9-20-23-14(2)10-29-20/h6-7,10-12,15,24H,4-5,8-9H2,1-3H3/t15-/m0/s1. The highest BCUT2D eigenvalue weighted by molar-refractivity contribution is 7.92. The molecular formula is C20H24FN5O3S2. The number of nitrogens with one attached hydrogen (secondary N) is 1. The molecule has 1 fully saturated rings. The maximum atomic E-state index is 14.9. The zero-order valence-corrected chi connectivity index (χ0v) is 19.1. The number of anilines is 2. The highest BCUT2D eigenvalue weighted by atomic mass is 32.2. The smallest absolute Gasteiger partial charge is 0.266 e. The third-order valence-corrected chi connectivity index (χ3v) is 7.37. The van der Waals surface area contributed by atoms with Gasteiger partial charge in [-0.15, -0.1) is 11.3 Å². The fourth-order valence-electron chi connectivity index (χ4n) is 3.82. The molecule has 3 aromatic rings.